The molecule has 0 atom stereocenters. The number of hydrogen-bond acceptors (Lipinski definition) is 4. The van der Waals surface area contributed by atoms with Crippen LogP contribution in [-0.2, 0) is 11.3 Å². The van der Waals surface area contributed by atoms with Crippen molar-refractivity contribution in [3.05, 3.63) is 28.8 Å². The van der Waals surface area contributed by atoms with Gasteiger partial charge in [0.15, 0.2) is 6.61 Å². The Morgan fingerprint density at radius 1 is 1.37 bits per heavy atom. The van der Waals surface area contributed by atoms with E-state index in [9.17, 15) is 4.79 Å². The van der Waals surface area contributed by atoms with Crippen LogP contribution >= 0.6 is 23.2 Å². The molecule has 0 bridgehead atoms. The van der Waals surface area contributed by atoms with E-state index in [1.165, 1.54) is 0 Å². The molecule has 0 aromatic heterocycles. The van der Waals surface area contributed by atoms with E-state index in [0.717, 1.165) is 38.3 Å². The number of rotatable bonds is 5. The van der Waals surface area contributed by atoms with Gasteiger partial charge in [0.1, 0.15) is 5.75 Å². The summed E-state index contributed by atoms with van der Waals surface area (Å²) in [6, 6.07) is 5.48. The largest absolute Gasteiger partial charge is 0.484 e. The number of piperazine rings is 1. The lowest BCUT2D eigenvalue weighted by molar-refractivity contribution is -0.113. The van der Waals surface area contributed by atoms with Crippen molar-refractivity contribution < 1.29 is 9.53 Å². The SMILES string of the molecule is O=C(Cl)COc1cc(Cl)ccc1CN1CCNCC1. The number of nitrogens with zero attached hydrogens (tertiary/aromatic N) is 1. The van der Waals surface area contributed by atoms with Gasteiger partial charge in [-0.05, 0) is 23.7 Å². The average molecular weight is 303 g/mol. The molecule has 0 amide bonds. The van der Waals surface area contributed by atoms with Crippen LogP contribution in [0, 0.1) is 0 Å². The van der Waals surface area contributed by atoms with Gasteiger partial charge in [-0.15, -0.1) is 0 Å². The number of carbonyl (C=O) groups excluding carboxylic acids is 1. The van der Waals surface area contributed by atoms with Crippen LogP contribution in [0.15, 0.2) is 18.2 Å². The summed E-state index contributed by atoms with van der Waals surface area (Å²) in [4.78, 5) is 13.1. The molecule has 0 radical (unpaired) electrons. The quantitative estimate of drug-likeness (QED) is 0.844. The Hall–Kier alpha value is -0.810. The lowest BCUT2D eigenvalue weighted by atomic mass is 10.1. The molecule has 0 spiro atoms. The van der Waals surface area contributed by atoms with E-state index in [2.05, 4.69) is 10.2 Å². The third-order valence-corrected chi connectivity index (χ3v) is 3.32. The van der Waals surface area contributed by atoms with E-state index in [-0.39, 0.29) is 6.61 Å². The standard InChI is InChI=1S/C13H16Cl2N2O2/c14-11-2-1-10(8-17-5-3-16-4-6-17)12(7-11)19-9-13(15)18/h1-2,7,16H,3-6,8-9H2. The molecular formula is C13H16Cl2N2O2. The van der Waals surface area contributed by atoms with Gasteiger partial charge in [0.25, 0.3) is 5.24 Å². The van der Waals surface area contributed by atoms with Crippen LogP contribution in [-0.4, -0.2) is 42.9 Å². The zero-order chi connectivity index (χ0) is 13.7. The summed E-state index contributed by atoms with van der Waals surface area (Å²) < 4.78 is 5.41. The van der Waals surface area contributed by atoms with E-state index in [1.807, 2.05) is 12.1 Å². The Morgan fingerprint density at radius 3 is 2.79 bits per heavy atom. The topological polar surface area (TPSA) is 41.6 Å². The van der Waals surface area contributed by atoms with E-state index >= 15 is 0 Å². The molecule has 6 heteroatoms. The van der Waals surface area contributed by atoms with Gasteiger partial charge in [0.05, 0.1) is 0 Å². The van der Waals surface area contributed by atoms with Gasteiger partial charge in [0.2, 0.25) is 0 Å². The number of halogens is 2. The fourth-order valence-corrected chi connectivity index (χ4v) is 2.25. The van der Waals surface area contributed by atoms with E-state index in [4.69, 9.17) is 27.9 Å². The van der Waals surface area contributed by atoms with Gasteiger partial charge >= 0.3 is 0 Å². The minimum Gasteiger partial charge on any atom is -0.484 e. The van der Waals surface area contributed by atoms with E-state index in [0.29, 0.717) is 10.8 Å². The molecule has 104 valence electrons. The summed E-state index contributed by atoms with van der Waals surface area (Å²) in [6.07, 6.45) is 0. The van der Waals surface area contributed by atoms with Crippen LogP contribution < -0.4 is 10.1 Å². The lowest BCUT2D eigenvalue weighted by Gasteiger charge is -2.27. The highest BCUT2D eigenvalue weighted by Crippen LogP contribution is 2.25. The molecule has 1 fully saturated rings. The number of nitrogens with one attached hydrogen (secondary N) is 1. The molecule has 1 heterocycles. The van der Waals surface area contributed by atoms with E-state index < -0.39 is 5.24 Å². The fourth-order valence-electron chi connectivity index (χ4n) is 2.04. The highest BCUT2D eigenvalue weighted by atomic mass is 35.5. The molecule has 1 saturated heterocycles. The van der Waals surface area contributed by atoms with Crippen molar-refractivity contribution in [1.82, 2.24) is 10.2 Å². The summed E-state index contributed by atoms with van der Waals surface area (Å²) in [5.41, 5.74) is 1.02. The molecule has 0 unspecified atom stereocenters. The first-order valence-corrected chi connectivity index (χ1v) is 6.93. The van der Waals surface area contributed by atoms with Crippen LogP contribution in [0.5, 0.6) is 5.75 Å². The fraction of sp³-hybridized carbons (Fsp3) is 0.462. The molecule has 19 heavy (non-hydrogen) atoms. The lowest BCUT2D eigenvalue weighted by Crippen LogP contribution is -2.42. The zero-order valence-electron chi connectivity index (χ0n) is 10.5. The maximum Gasteiger partial charge on any atom is 0.259 e. The monoisotopic (exact) mass is 302 g/mol. The first-order valence-electron chi connectivity index (χ1n) is 6.18. The molecule has 2 rings (SSSR count). The number of ether oxygens (including phenoxy) is 1. The van der Waals surface area contributed by atoms with E-state index in [1.54, 1.807) is 6.07 Å². The number of carbonyl (C=O) groups is 1. The van der Waals surface area contributed by atoms with Crippen molar-refractivity contribution in [2.24, 2.45) is 0 Å². The summed E-state index contributed by atoms with van der Waals surface area (Å²) in [7, 11) is 0. The smallest absolute Gasteiger partial charge is 0.259 e. The first kappa shape index (κ1) is 14.6. The van der Waals surface area contributed by atoms with Gasteiger partial charge < -0.3 is 10.1 Å². The van der Waals surface area contributed by atoms with Gasteiger partial charge in [0, 0.05) is 43.3 Å². The number of hydrogen-bond donors (Lipinski definition) is 1. The van der Waals surface area contributed by atoms with Crippen LogP contribution in [0.3, 0.4) is 0 Å². The molecule has 4 nitrogen and oxygen atoms in total. The van der Waals surface area contributed by atoms with Crippen LogP contribution in [0.25, 0.3) is 0 Å². The van der Waals surface area contributed by atoms with Gasteiger partial charge in [-0.1, -0.05) is 17.7 Å². The highest BCUT2D eigenvalue weighted by molar-refractivity contribution is 6.63. The molecule has 1 aliphatic rings. The summed E-state index contributed by atoms with van der Waals surface area (Å²) in [5, 5.41) is 3.37. The summed E-state index contributed by atoms with van der Waals surface area (Å²) in [6.45, 7) is 4.61. The molecule has 1 aromatic rings. The Labute approximate surface area is 122 Å². The maximum atomic E-state index is 10.8. The third kappa shape index (κ3) is 4.66. The second-order valence-corrected chi connectivity index (χ2v) is 5.28. The highest BCUT2D eigenvalue weighted by Gasteiger charge is 2.13. The Balaban J connectivity index is 2.06. The van der Waals surface area contributed by atoms with Crippen molar-refractivity contribution in [2.45, 2.75) is 6.54 Å². The molecule has 0 aliphatic carbocycles. The summed E-state index contributed by atoms with van der Waals surface area (Å²) in [5.74, 6) is 0.625. The summed E-state index contributed by atoms with van der Waals surface area (Å²) >= 11 is 11.2. The van der Waals surface area contributed by atoms with Crippen molar-refractivity contribution in [3.63, 3.8) is 0 Å². The molecule has 1 N–H and O–H groups in total. The predicted octanol–water partition coefficient (Wildman–Crippen LogP) is 1.89. The second kappa shape index (κ2) is 7.10. The molecule has 0 saturated carbocycles. The van der Waals surface area contributed by atoms with Crippen LogP contribution in [0.1, 0.15) is 5.56 Å². The second-order valence-electron chi connectivity index (χ2n) is 4.42. The normalized spacial score (nSPS) is 16.3. The number of benzene rings is 1. The molecular weight excluding hydrogens is 287 g/mol. The van der Waals surface area contributed by atoms with Gasteiger partial charge in [-0.2, -0.15) is 0 Å². The third-order valence-electron chi connectivity index (χ3n) is 2.97. The Bertz CT molecular complexity index is 448. The van der Waals surface area contributed by atoms with Crippen LogP contribution in [0.2, 0.25) is 5.02 Å². The molecule has 1 aliphatic heterocycles. The van der Waals surface area contributed by atoms with Gasteiger partial charge in [-0.25, -0.2) is 0 Å². The zero-order valence-corrected chi connectivity index (χ0v) is 12.0. The van der Waals surface area contributed by atoms with Crippen LogP contribution in [0.4, 0.5) is 0 Å². The predicted molar refractivity (Wildman–Crippen MR) is 76.0 cm³/mol. The first-order chi connectivity index (χ1) is 9.15. The minimum atomic E-state index is -0.520. The van der Waals surface area contributed by atoms with Crippen molar-refractivity contribution in [1.29, 1.82) is 0 Å². The average Bonchev–Trinajstić information content (AvgIpc) is 2.40. The molecule has 1 aromatic carbocycles. The van der Waals surface area contributed by atoms with Gasteiger partial charge in [-0.3, -0.25) is 9.69 Å². The maximum absolute atomic E-state index is 10.8. The Kier molecular flexibility index (Phi) is 5.45. The Morgan fingerprint density at radius 2 is 2.11 bits per heavy atom. The van der Waals surface area contributed by atoms with Crippen molar-refractivity contribution in [2.75, 3.05) is 32.8 Å². The van der Waals surface area contributed by atoms with Crippen molar-refractivity contribution >= 4 is 28.4 Å². The minimum absolute atomic E-state index is 0.142. The van der Waals surface area contributed by atoms with Crippen molar-refractivity contribution in [3.8, 4) is 5.75 Å².